The largest absolute Gasteiger partial charge is 0.373 e. The maximum absolute atomic E-state index is 9.33. The van der Waals surface area contributed by atoms with Crippen molar-refractivity contribution in [2.24, 2.45) is 0 Å². The molecule has 4 heteroatoms. The average molecular weight is 270 g/mol. The Morgan fingerprint density at radius 3 is 2.53 bits per heavy atom. The first-order valence-electron chi connectivity index (χ1n) is 6.05. The molecule has 0 bridgehead atoms. The highest BCUT2D eigenvalue weighted by Crippen LogP contribution is 2.36. The van der Waals surface area contributed by atoms with Crippen molar-refractivity contribution < 1.29 is 0 Å². The molecule has 19 heavy (non-hydrogen) atoms. The highest BCUT2D eigenvalue weighted by atomic mass is 35.5. The van der Waals surface area contributed by atoms with E-state index in [0.29, 0.717) is 5.02 Å². The first-order valence-corrected chi connectivity index (χ1v) is 6.43. The van der Waals surface area contributed by atoms with Gasteiger partial charge in [0.05, 0.1) is 23.5 Å². The maximum atomic E-state index is 9.33. The van der Waals surface area contributed by atoms with Crippen LogP contribution < -0.4 is 10.6 Å². The molecular weight excluding hydrogens is 258 g/mol. The van der Waals surface area contributed by atoms with Gasteiger partial charge in [0.25, 0.3) is 0 Å². The fraction of sp³-hybridized carbons (Fsp3) is 0.133. The predicted octanol–water partition coefficient (Wildman–Crippen LogP) is 3.81. The quantitative estimate of drug-likeness (QED) is 0.828. The number of nitriles is 1. The molecule has 1 heterocycles. The van der Waals surface area contributed by atoms with Crippen LogP contribution in [0.25, 0.3) is 0 Å². The summed E-state index contributed by atoms with van der Waals surface area (Å²) in [7, 11) is 0. The summed E-state index contributed by atoms with van der Waals surface area (Å²) in [6, 6.07) is 17.4. The van der Waals surface area contributed by atoms with Gasteiger partial charge in [-0.15, -0.1) is 0 Å². The van der Waals surface area contributed by atoms with E-state index in [0.717, 1.165) is 16.9 Å². The highest BCUT2D eigenvalue weighted by Gasteiger charge is 2.28. The Morgan fingerprint density at radius 1 is 1.00 bits per heavy atom. The molecule has 1 aliphatic rings. The van der Waals surface area contributed by atoms with Crippen LogP contribution in [0.1, 0.15) is 11.6 Å². The number of nitrogens with one attached hydrogen (secondary N) is 2. The zero-order valence-electron chi connectivity index (χ0n) is 10.1. The Balaban J connectivity index is 2.00. The fourth-order valence-corrected chi connectivity index (χ4v) is 2.48. The van der Waals surface area contributed by atoms with Crippen molar-refractivity contribution in [1.29, 1.82) is 5.26 Å². The minimum atomic E-state index is -0.326. The van der Waals surface area contributed by atoms with E-state index in [-0.39, 0.29) is 12.1 Å². The monoisotopic (exact) mass is 269 g/mol. The van der Waals surface area contributed by atoms with Gasteiger partial charge in [-0.25, -0.2) is 0 Å². The van der Waals surface area contributed by atoms with E-state index in [4.69, 9.17) is 11.6 Å². The lowest BCUT2D eigenvalue weighted by molar-refractivity contribution is 0.709. The number of hydrogen-bond donors (Lipinski definition) is 2. The number of anilines is 2. The third-order valence-electron chi connectivity index (χ3n) is 3.23. The molecule has 0 aromatic heterocycles. The third kappa shape index (κ3) is 2.23. The predicted molar refractivity (Wildman–Crippen MR) is 77.3 cm³/mol. The van der Waals surface area contributed by atoms with Crippen LogP contribution in [0.15, 0.2) is 48.5 Å². The Morgan fingerprint density at radius 2 is 1.79 bits per heavy atom. The molecule has 2 atom stereocenters. The van der Waals surface area contributed by atoms with Gasteiger partial charge in [0.1, 0.15) is 6.04 Å². The summed E-state index contributed by atoms with van der Waals surface area (Å²) in [5.41, 5.74) is 2.91. The van der Waals surface area contributed by atoms with E-state index in [1.165, 1.54) is 0 Å². The van der Waals surface area contributed by atoms with Gasteiger partial charge >= 0.3 is 0 Å². The van der Waals surface area contributed by atoms with Gasteiger partial charge in [-0.2, -0.15) is 5.26 Å². The molecule has 0 radical (unpaired) electrons. The van der Waals surface area contributed by atoms with Crippen molar-refractivity contribution in [1.82, 2.24) is 0 Å². The molecule has 2 unspecified atom stereocenters. The van der Waals surface area contributed by atoms with E-state index < -0.39 is 0 Å². The summed E-state index contributed by atoms with van der Waals surface area (Å²) in [4.78, 5) is 0. The standard InChI is InChI=1S/C15H12ClN3/c16-11-6-7-12-13(8-11)18-14(9-17)15(19-12)10-4-2-1-3-5-10/h1-8,14-15,18-19H. The summed E-state index contributed by atoms with van der Waals surface area (Å²) in [6.45, 7) is 0. The molecule has 0 saturated heterocycles. The number of benzene rings is 2. The summed E-state index contributed by atoms with van der Waals surface area (Å²) in [5.74, 6) is 0. The van der Waals surface area contributed by atoms with Gasteiger partial charge in [0.15, 0.2) is 0 Å². The summed E-state index contributed by atoms with van der Waals surface area (Å²) in [5, 5.41) is 16.6. The van der Waals surface area contributed by atoms with E-state index in [1.54, 1.807) is 0 Å². The van der Waals surface area contributed by atoms with Crippen molar-refractivity contribution in [2.45, 2.75) is 12.1 Å². The fourth-order valence-electron chi connectivity index (χ4n) is 2.31. The average Bonchev–Trinajstić information content (AvgIpc) is 2.46. The second kappa shape index (κ2) is 4.83. The number of rotatable bonds is 1. The van der Waals surface area contributed by atoms with E-state index in [2.05, 4.69) is 16.7 Å². The minimum Gasteiger partial charge on any atom is -0.373 e. The zero-order chi connectivity index (χ0) is 13.2. The number of fused-ring (bicyclic) bond motifs is 1. The molecule has 3 rings (SSSR count). The second-order valence-electron chi connectivity index (χ2n) is 4.47. The van der Waals surface area contributed by atoms with Crippen LogP contribution in [0.5, 0.6) is 0 Å². The van der Waals surface area contributed by atoms with Crippen molar-refractivity contribution >= 4 is 23.0 Å². The van der Waals surface area contributed by atoms with Crippen molar-refractivity contribution in [3.63, 3.8) is 0 Å². The first kappa shape index (κ1) is 11.9. The Hall–Kier alpha value is -2.18. The van der Waals surface area contributed by atoms with Gasteiger partial charge in [-0.1, -0.05) is 41.9 Å². The zero-order valence-corrected chi connectivity index (χ0v) is 10.9. The first-order chi connectivity index (χ1) is 9.28. The molecule has 0 spiro atoms. The lowest BCUT2D eigenvalue weighted by atomic mass is 9.97. The highest BCUT2D eigenvalue weighted by molar-refractivity contribution is 6.31. The molecule has 94 valence electrons. The number of hydrogen-bond acceptors (Lipinski definition) is 3. The van der Waals surface area contributed by atoms with Crippen LogP contribution in [-0.4, -0.2) is 6.04 Å². The Bertz CT molecular complexity index is 634. The molecule has 0 amide bonds. The molecule has 1 aliphatic heterocycles. The lowest BCUT2D eigenvalue weighted by Crippen LogP contribution is -2.35. The molecule has 3 nitrogen and oxygen atoms in total. The molecular formula is C15H12ClN3. The van der Waals surface area contributed by atoms with Crippen LogP contribution in [-0.2, 0) is 0 Å². The van der Waals surface area contributed by atoms with Crippen LogP contribution >= 0.6 is 11.6 Å². The lowest BCUT2D eigenvalue weighted by Gasteiger charge is -2.32. The van der Waals surface area contributed by atoms with Crippen molar-refractivity contribution in [3.8, 4) is 6.07 Å². The van der Waals surface area contributed by atoms with Gasteiger partial charge < -0.3 is 10.6 Å². The van der Waals surface area contributed by atoms with Crippen LogP contribution in [0, 0.1) is 11.3 Å². The van der Waals surface area contributed by atoms with Crippen molar-refractivity contribution in [2.75, 3.05) is 10.6 Å². The van der Waals surface area contributed by atoms with Crippen molar-refractivity contribution in [3.05, 3.63) is 59.1 Å². The molecule has 0 aliphatic carbocycles. The normalized spacial score (nSPS) is 20.6. The smallest absolute Gasteiger partial charge is 0.139 e. The van der Waals surface area contributed by atoms with Gasteiger partial charge in [0, 0.05) is 5.02 Å². The third-order valence-corrected chi connectivity index (χ3v) is 3.47. The van der Waals surface area contributed by atoms with Gasteiger partial charge in [0.2, 0.25) is 0 Å². The summed E-state index contributed by atoms with van der Waals surface area (Å²) >= 11 is 5.97. The van der Waals surface area contributed by atoms with E-state index >= 15 is 0 Å². The molecule has 0 saturated carbocycles. The Kier molecular flexibility index (Phi) is 3.02. The molecule has 2 aromatic carbocycles. The second-order valence-corrected chi connectivity index (χ2v) is 4.91. The van der Waals surface area contributed by atoms with Gasteiger partial charge in [-0.05, 0) is 23.8 Å². The number of halogens is 1. The molecule has 2 aromatic rings. The van der Waals surface area contributed by atoms with Crippen LogP contribution in [0.4, 0.5) is 11.4 Å². The van der Waals surface area contributed by atoms with Crippen LogP contribution in [0.3, 0.4) is 0 Å². The van der Waals surface area contributed by atoms with Crippen LogP contribution in [0.2, 0.25) is 5.02 Å². The summed E-state index contributed by atoms with van der Waals surface area (Å²) < 4.78 is 0. The Labute approximate surface area is 116 Å². The minimum absolute atomic E-state index is 0.0696. The van der Waals surface area contributed by atoms with E-state index in [1.807, 2.05) is 48.5 Å². The molecule has 0 fully saturated rings. The van der Waals surface area contributed by atoms with Gasteiger partial charge in [-0.3, -0.25) is 0 Å². The topological polar surface area (TPSA) is 47.9 Å². The summed E-state index contributed by atoms with van der Waals surface area (Å²) in [6.07, 6.45) is 0. The molecule has 2 N–H and O–H groups in total. The maximum Gasteiger partial charge on any atom is 0.139 e. The van der Waals surface area contributed by atoms with E-state index in [9.17, 15) is 5.26 Å². The SMILES string of the molecule is N#CC1Nc2cc(Cl)ccc2NC1c1ccccc1. The number of nitrogens with zero attached hydrogens (tertiary/aromatic N) is 1.